The normalized spacial score (nSPS) is 11.1. The average molecular weight is 960 g/mol. The van der Waals surface area contributed by atoms with Crippen LogP contribution in [0, 0.1) is 12.1 Å². The molecular weight excluding hydrogens is 924 g/mol. The molecule has 0 atom stereocenters. The fourth-order valence-corrected chi connectivity index (χ4v) is 8.70. The molecular formula is C56H36N4Pt. The largest absolute Gasteiger partial charge is 2.00 e. The number of para-hydroxylation sites is 4. The molecule has 0 saturated heterocycles. The third-order valence-electron chi connectivity index (χ3n) is 11.2. The van der Waals surface area contributed by atoms with Crippen LogP contribution in [0.5, 0.6) is 0 Å². The van der Waals surface area contributed by atoms with Crippen molar-refractivity contribution in [3.05, 3.63) is 231 Å². The van der Waals surface area contributed by atoms with Crippen molar-refractivity contribution in [3.8, 4) is 78.7 Å². The van der Waals surface area contributed by atoms with Crippen molar-refractivity contribution in [2.45, 2.75) is 0 Å². The molecule has 61 heavy (non-hydrogen) atoms. The van der Waals surface area contributed by atoms with Crippen LogP contribution in [-0.2, 0) is 21.1 Å². The molecule has 11 aromatic rings. The molecule has 0 spiro atoms. The average Bonchev–Trinajstić information content (AvgIpc) is 3.87. The first kappa shape index (κ1) is 37.9. The van der Waals surface area contributed by atoms with Gasteiger partial charge in [-0.05, 0) is 72.1 Å². The topological polar surface area (TPSA) is 35.6 Å². The van der Waals surface area contributed by atoms with Crippen molar-refractivity contribution >= 4 is 21.8 Å². The summed E-state index contributed by atoms with van der Waals surface area (Å²) in [7, 11) is 0. The molecule has 0 bridgehead atoms. The summed E-state index contributed by atoms with van der Waals surface area (Å²) in [4.78, 5) is 9.78. The second kappa shape index (κ2) is 16.3. The zero-order valence-electron chi connectivity index (χ0n) is 32.9. The Morgan fingerprint density at radius 2 is 0.705 bits per heavy atom. The van der Waals surface area contributed by atoms with Gasteiger partial charge in [0.25, 0.3) is 0 Å². The fraction of sp³-hybridized carbons (Fsp3) is 0. The van der Waals surface area contributed by atoms with E-state index in [9.17, 15) is 0 Å². The van der Waals surface area contributed by atoms with Crippen LogP contribution >= 0.6 is 0 Å². The second-order valence-corrected chi connectivity index (χ2v) is 14.8. The van der Waals surface area contributed by atoms with E-state index < -0.39 is 0 Å². The number of aromatic nitrogens is 4. The Kier molecular flexibility index (Phi) is 10.1. The molecule has 11 rings (SSSR count). The molecule has 0 fully saturated rings. The monoisotopic (exact) mass is 959 g/mol. The van der Waals surface area contributed by atoms with Crippen molar-refractivity contribution in [2.75, 3.05) is 0 Å². The standard InChI is InChI=1S/C56H36N4.Pt/c1-3-23-43(24-4-1)59-51-33-11-9-29-47(51)53(49-31-13-15-35-57-49)55(59)41-21-17-19-39(37-41)45-27-7-8-28-46(45)40-20-18-22-42(38-40)56-54(50-32-14-16-36-58-50)48-30-10-12-34-52(48)60(56)44-25-5-2-6-26-44;/h1-36H;/q-2;+2. The first-order valence-corrected chi connectivity index (χ1v) is 20.2. The SMILES string of the molecule is [Pt+2].[c-]1c(-c2ccccc2-c2[c-]c(-c3c(-c4ccccn4)c4ccccc4n3-c3ccccc3)ccc2)cccc1-c1c(-c2ccccn2)c2ccccc2n1-c1ccccc1. The number of hydrogen-bond donors (Lipinski definition) is 0. The summed E-state index contributed by atoms with van der Waals surface area (Å²) < 4.78 is 4.70. The van der Waals surface area contributed by atoms with Gasteiger partial charge in [0.1, 0.15) is 0 Å². The summed E-state index contributed by atoms with van der Waals surface area (Å²) in [5.74, 6) is 0. The van der Waals surface area contributed by atoms with Gasteiger partial charge < -0.3 is 9.13 Å². The van der Waals surface area contributed by atoms with E-state index in [1.165, 1.54) is 0 Å². The maximum Gasteiger partial charge on any atom is 2.00 e. The molecule has 4 aromatic heterocycles. The molecule has 0 amide bonds. The summed E-state index contributed by atoms with van der Waals surface area (Å²) >= 11 is 0. The van der Waals surface area contributed by atoms with Gasteiger partial charge in [-0.15, -0.1) is 70.8 Å². The molecule has 4 nitrogen and oxygen atoms in total. The quantitative estimate of drug-likeness (QED) is 0.142. The van der Waals surface area contributed by atoms with Gasteiger partial charge in [-0.25, -0.2) is 0 Å². The van der Waals surface area contributed by atoms with Gasteiger partial charge in [0.05, 0.1) is 11.4 Å². The number of benzene rings is 7. The Labute approximate surface area is 369 Å². The maximum atomic E-state index is 4.89. The van der Waals surface area contributed by atoms with Crippen LogP contribution in [-0.4, -0.2) is 19.1 Å². The maximum absolute atomic E-state index is 4.89. The van der Waals surface area contributed by atoms with E-state index in [2.05, 4.69) is 215 Å². The van der Waals surface area contributed by atoms with E-state index in [4.69, 9.17) is 9.97 Å². The van der Waals surface area contributed by atoms with Gasteiger partial charge in [-0.3, -0.25) is 9.97 Å². The van der Waals surface area contributed by atoms with E-state index in [1.54, 1.807) is 0 Å². The number of rotatable bonds is 8. The fourth-order valence-electron chi connectivity index (χ4n) is 8.70. The van der Waals surface area contributed by atoms with Crippen LogP contribution in [0.3, 0.4) is 0 Å². The number of pyridine rings is 2. The minimum Gasteiger partial charge on any atom is -0.342 e. The predicted molar refractivity (Wildman–Crippen MR) is 246 cm³/mol. The molecule has 290 valence electrons. The summed E-state index contributed by atoms with van der Waals surface area (Å²) in [6, 6.07) is 80.0. The molecule has 0 radical (unpaired) electrons. The molecule has 4 heterocycles. The van der Waals surface area contributed by atoms with Crippen LogP contribution in [0.4, 0.5) is 0 Å². The van der Waals surface area contributed by atoms with Crippen LogP contribution in [0.15, 0.2) is 219 Å². The molecule has 0 aliphatic rings. The smallest absolute Gasteiger partial charge is 0.342 e. The van der Waals surface area contributed by atoms with Gasteiger partial charge >= 0.3 is 21.1 Å². The van der Waals surface area contributed by atoms with E-state index >= 15 is 0 Å². The van der Waals surface area contributed by atoms with Crippen molar-refractivity contribution in [1.29, 1.82) is 0 Å². The molecule has 7 aromatic carbocycles. The van der Waals surface area contributed by atoms with Gasteiger partial charge in [0.15, 0.2) is 0 Å². The zero-order chi connectivity index (χ0) is 39.8. The molecule has 0 unspecified atom stereocenters. The first-order valence-electron chi connectivity index (χ1n) is 20.2. The predicted octanol–water partition coefficient (Wildman–Crippen LogP) is 14.0. The molecule has 0 aliphatic heterocycles. The minimum absolute atomic E-state index is 0. The van der Waals surface area contributed by atoms with Crippen molar-refractivity contribution < 1.29 is 21.1 Å². The van der Waals surface area contributed by atoms with Gasteiger partial charge in [0, 0.05) is 56.7 Å². The van der Waals surface area contributed by atoms with Crippen molar-refractivity contribution in [2.24, 2.45) is 0 Å². The minimum atomic E-state index is 0. The number of fused-ring (bicyclic) bond motifs is 2. The molecule has 0 N–H and O–H groups in total. The molecule has 0 aliphatic carbocycles. The van der Waals surface area contributed by atoms with Crippen LogP contribution in [0.2, 0.25) is 0 Å². The Morgan fingerprint density at radius 3 is 1.13 bits per heavy atom. The van der Waals surface area contributed by atoms with Gasteiger partial charge in [-0.1, -0.05) is 120 Å². The summed E-state index contributed by atoms with van der Waals surface area (Å²) in [5, 5.41) is 2.28. The summed E-state index contributed by atoms with van der Waals surface area (Å²) in [6.45, 7) is 0. The van der Waals surface area contributed by atoms with Crippen molar-refractivity contribution in [1.82, 2.24) is 19.1 Å². The number of nitrogens with zero attached hydrogens (tertiary/aromatic N) is 4. The first-order chi connectivity index (χ1) is 29.8. The van der Waals surface area contributed by atoms with Gasteiger partial charge in [-0.2, -0.15) is 0 Å². The van der Waals surface area contributed by atoms with Gasteiger partial charge in [0.2, 0.25) is 0 Å². The van der Waals surface area contributed by atoms with Crippen LogP contribution in [0.1, 0.15) is 0 Å². The third kappa shape index (κ3) is 6.72. The Bertz CT molecular complexity index is 2920. The van der Waals surface area contributed by atoms with E-state index in [0.29, 0.717) is 0 Å². The molecule has 5 heteroatoms. The zero-order valence-corrected chi connectivity index (χ0v) is 35.2. The Balaban J connectivity index is 0.00000445. The van der Waals surface area contributed by atoms with Crippen LogP contribution < -0.4 is 0 Å². The van der Waals surface area contributed by atoms with E-state index in [0.717, 1.165) is 100 Å². The second-order valence-electron chi connectivity index (χ2n) is 14.8. The Hall–Kier alpha value is -7.39. The number of hydrogen-bond acceptors (Lipinski definition) is 2. The van der Waals surface area contributed by atoms with E-state index in [-0.39, 0.29) is 21.1 Å². The van der Waals surface area contributed by atoms with E-state index in [1.807, 2.05) is 24.5 Å². The molecule has 0 saturated carbocycles. The Morgan fingerprint density at radius 1 is 0.328 bits per heavy atom. The third-order valence-corrected chi connectivity index (χ3v) is 11.2. The summed E-state index contributed by atoms with van der Waals surface area (Å²) in [6.07, 6.45) is 3.74. The van der Waals surface area contributed by atoms with Crippen LogP contribution in [0.25, 0.3) is 100 Å². The van der Waals surface area contributed by atoms with Crippen molar-refractivity contribution in [3.63, 3.8) is 0 Å². The summed E-state index contributed by atoms with van der Waals surface area (Å²) in [5.41, 5.74) is 16.6.